The molecule has 1 amide bonds. The standard InChI is InChI=1S/C16H23NO3/c1-10(2)15(16(19)20)17-14(18)6-5-13-8-11(3)7-12(4)9-13/h7-10,15H,5-6H2,1-4H3,(H,17,18)(H,19,20)/t15-/m0/s1. The first-order chi connectivity index (χ1) is 9.29. The largest absolute Gasteiger partial charge is 0.480 e. The minimum atomic E-state index is -0.986. The number of carbonyl (C=O) groups is 2. The van der Waals surface area contributed by atoms with Crippen LogP contribution in [0.3, 0.4) is 0 Å². The number of amides is 1. The van der Waals surface area contributed by atoms with Gasteiger partial charge in [-0.2, -0.15) is 0 Å². The van der Waals surface area contributed by atoms with Gasteiger partial charge >= 0.3 is 5.97 Å². The smallest absolute Gasteiger partial charge is 0.326 e. The summed E-state index contributed by atoms with van der Waals surface area (Å²) < 4.78 is 0. The Morgan fingerprint density at radius 3 is 2.15 bits per heavy atom. The number of benzene rings is 1. The van der Waals surface area contributed by atoms with Gasteiger partial charge in [0.05, 0.1) is 0 Å². The van der Waals surface area contributed by atoms with E-state index < -0.39 is 12.0 Å². The second-order valence-corrected chi connectivity index (χ2v) is 5.62. The summed E-state index contributed by atoms with van der Waals surface area (Å²) >= 11 is 0. The number of aliphatic carboxylic acids is 1. The Labute approximate surface area is 120 Å². The summed E-state index contributed by atoms with van der Waals surface area (Å²) in [5.41, 5.74) is 3.45. The molecule has 0 aliphatic heterocycles. The van der Waals surface area contributed by atoms with E-state index in [9.17, 15) is 9.59 Å². The Balaban J connectivity index is 2.56. The van der Waals surface area contributed by atoms with Gasteiger partial charge in [0.2, 0.25) is 5.91 Å². The van der Waals surface area contributed by atoms with E-state index >= 15 is 0 Å². The van der Waals surface area contributed by atoms with Crippen LogP contribution < -0.4 is 5.32 Å². The van der Waals surface area contributed by atoms with Crippen molar-refractivity contribution < 1.29 is 14.7 Å². The Bertz CT molecular complexity index is 474. The van der Waals surface area contributed by atoms with E-state index in [1.165, 1.54) is 11.1 Å². The minimum Gasteiger partial charge on any atom is -0.480 e. The van der Waals surface area contributed by atoms with Gasteiger partial charge in [0, 0.05) is 6.42 Å². The lowest BCUT2D eigenvalue weighted by Gasteiger charge is -2.17. The first-order valence-corrected chi connectivity index (χ1v) is 6.89. The van der Waals surface area contributed by atoms with Crippen molar-refractivity contribution in [2.75, 3.05) is 0 Å². The summed E-state index contributed by atoms with van der Waals surface area (Å²) in [6, 6.07) is 5.37. The summed E-state index contributed by atoms with van der Waals surface area (Å²) in [5.74, 6) is -1.33. The second kappa shape index (κ2) is 7.08. The van der Waals surface area contributed by atoms with E-state index in [-0.39, 0.29) is 11.8 Å². The number of hydrogen-bond acceptors (Lipinski definition) is 2. The maximum absolute atomic E-state index is 11.8. The third kappa shape index (κ3) is 5.03. The van der Waals surface area contributed by atoms with Crippen LogP contribution >= 0.6 is 0 Å². The zero-order valence-electron chi connectivity index (χ0n) is 12.6. The number of hydrogen-bond donors (Lipinski definition) is 2. The van der Waals surface area contributed by atoms with Crippen molar-refractivity contribution in [3.8, 4) is 0 Å². The molecular weight excluding hydrogens is 254 g/mol. The van der Waals surface area contributed by atoms with Gasteiger partial charge in [-0.1, -0.05) is 43.2 Å². The average Bonchev–Trinajstić information content (AvgIpc) is 2.31. The van der Waals surface area contributed by atoms with Crippen LogP contribution in [0.5, 0.6) is 0 Å². The minimum absolute atomic E-state index is 0.127. The third-order valence-corrected chi connectivity index (χ3v) is 3.17. The molecular formula is C16H23NO3. The second-order valence-electron chi connectivity index (χ2n) is 5.62. The lowest BCUT2D eigenvalue weighted by Crippen LogP contribution is -2.44. The molecule has 0 saturated carbocycles. The van der Waals surface area contributed by atoms with Crippen LogP contribution in [0.25, 0.3) is 0 Å². The van der Waals surface area contributed by atoms with Gasteiger partial charge in [-0.05, 0) is 31.7 Å². The van der Waals surface area contributed by atoms with E-state index in [0.29, 0.717) is 12.8 Å². The molecule has 1 rings (SSSR count). The normalized spacial score (nSPS) is 12.2. The molecule has 4 nitrogen and oxygen atoms in total. The quantitative estimate of drug-likeness (QED) is 0.839. The molecule has 0 heterocycles. The molecule has 1 aromatic carbocycles. The van der Waals surface area contributed by atoms with Crippen LogP contribution in [0.1, 0.15) is 37.0 Å². The van der Waals surface area contributed by atoms with Gasteiger partial charge in [0.25, 0.3) is 0 Å². The van der Waals surface area contributed by atoms with Gasteiger partial charge in [-0.15, -0.1) is 0 Å². The van der Waals surface area contributed by atoms with Gasteiger partial charge < -0.3 is 10.4 Å². The fourth-order valence-electron chi connectivity index (χ4n) is 2.23. The molecule has 0 radical (unpaired) electrons. The first kappa shape index (κ1) is 16.2. The SMILES string of the molecule is Cc1cc(C)cc(CCC(=O)N[C@H](C(=O)O)C(C)C)c1. The van der Waals surface area contributed by atoms with Crippen LogP contribution in [0.4, 0.5) is 0 Å². The van der Waals surface area contributed by atoms with Crippen molar-refractivity contribution in [3.05, 3.63) is 34.9 Å². The van der Waals surface area contributed by atoms with Gasteiger partial charge in [-0.3, -0.25) is 4.79 Å². The van der Waals surface area contributed by atoms with Crippen LogP contribution in [-0.4, -0.2) is 23.0 Å². The van der Waals surface area contributed by atoms with E-state index in [0.717, 1.165) is 5.56 Å². The Hall–Kier alpha value is -1.84. The van der Waals surface area contributed by atoms with Gasteiger partial charge in [-0.25, -0.2) is 4.79 Å². The summed E-state index contributed by atoms with van der Waals surface area (Å²) in [5, 5.41) is 11.6. The molecule has 0 spiro atoms. The number of carboxylic acid groups (broad SMARTS) is 1. The maximum Gasteiger partial charge on any atom is 0.326 e. The van der Waals surface area contributed by atoms with E-state index in [1.54, 1.807) is 13.8 Å². The van der Waals surface area contributed by atoms with Crippen molar-refractivity contribution in [2.45, 2.75) is 46.6 Å². The van der Waals surface area contributed by atoms with Gasteiger partial charge in [0.1, 0.15) is 6.04 Å². The number of rotatable bonds is 6. The molecule has 2 N–H and O–H groups in total. The molecule has 0 bridgehead atoms. The predicted octanol–water partition coefficient (Wildman–Crippen LogP) is 2.46. The molecule has 20 heavy (non-hydrogen) atoms. The van der Waals surface area contributed by atoms with E-state index in [4.69, 9.17) is 5.11 Å². The summed E-state index contributed by atoms with van der Waals surface area (Å²) in [7, 11) is 0. The summed E-state index contributed by atoms with van der Waals surface area (Å²) in [6.45, 7) is 7.61. The molecule has 0 saturated heterocycles. The molecule has 0 fully saturated rings. The number of carbonyl (C=O) groups excluding carboxylic acids is 1. The highest BCUT2D eigenvalue weighted by molar-refractivity contribution is 5.83. The summed E-state index contributed by atoms with van der Waals surface area (Å²) in [4.78, 5) is 22.9. The summed E-state index contributed by atoms with van der Waals surface area (Å²) in [6.07, 6.45) is 0.929. The number of carboxylic acids is 1. The molecule has 0 unspecified atom stereocenters. The Kier molecular flexibility index (Phi) is 5.74. The Morgan fingerprint density at radius 2 is 1.70 bits per heavy atom. The predicted molar refractivity (Wildman–Crippen MR) is 78.6 cm³/mol. The van der Waals surface area contributed by atoms with Crippen molar-refractivity contribution >= 4 is 11.9 Å². The zero-order valence-corrected chi connectivity index (χ0v) is 12.6. The fraction of sp³-hybridized carbons (Fsp3) is 0.500. The fourth-order valence-corrected chi connectivity index (χ4v) is 2.23. The zero-order chi connectivity index (χ0) is 15.3. The van der Waals surface area contributed by atoms with Crippen molar-refractivity contribution in [2.24, 2.45) is 5.92 Å². The molecule has 0 aliphatic carbocycles. The topological polar surface area (TPSA) is 66.4 Å². The lowest BCUT2D eigenvalue weighted by molar-refractivity contribution is -0.143. The number of nitrogens with one attached hydrogen (secondary N) is 1. The average molecular weight is 277 g/mol. The molecule has 1 aromatic rings. The van der Waals surface area contributed by atoms with Crippen LogP contribution in [-0.2, 0) is 16.0 Å². The van der Waals surface area contributed by atoms with Crippen molar-refractivity contribution in [3.63, 3.8) is 0 Å². The van der Waals surface area contributed by atoms with E-state index in [1.807, 2.05) is 13.8 Å². The highest BCUT2D eigenvalue weighted by atomic mass is 16.4. The molecule has 0 aliphatic rings. The molecule has 0 aromatic heterocycles. The number of aryl methyl sites for hydroxylation is 3. The Morgan fingerprint density at radius 1 is 1.15 bits per heavy atom. The molecule has 110 valence electrons. The van der Waals surface area contributed by atoms with Crippen molar-refractivity contribution in [1.29, 1.82) is 0 Å². The molecule has 4 heteroatoms. The van der Waals surface area contributed by atoms with Gasteiger partial charge in [0.15, 0.2) is 0 Å². The third-order valence-electron chi connectivity index (χ3n) is 3.17. The first-order valence-electron chi connectivity index (χ1n) is 6.89. The highest BCUT2D eigenvalue weighted by Gasteiger charge is 2.22. The van der Waals surface area contributed by atoms with Crippen LogP contribution in [0.2, 0.25) is 0 Å². The van der Waals surface area contributed by atoms with Crippen molar-refractivity contribution in [1.82, 2.24) is 5.32 Å². The highest BCUT2D eigenvalue weighted by Crippen LogP contribution is 2.11. The van der Waals surface area contributed by atoms with E-state index in [2.05, 4.69) is 23.5 Å². The van der Waals surface area contributed by atoms with Crippen LogP contribution in [0, 0.1) is 19.8 Å². The monoisotopic (exact) mass is 277 g/mol. The van der Waals surface area contributed by atoms with Crippen LogP contribution in [0.15, 0.2) is 18.2 Å². The lowest BCUT2D eigenvalue weighted by atomic mass is 10.0. The maximum atomic E-state index is 11.8. The molecule has 1 atom stereocenters.